The topological polar surface area (TPSA) is 40.5 Å². The molecular weight excluding hydrogens is 238 g/mol. The van der Waals surface area contributed by atoms with E-state index in [9.17, 15) is 9.90 Å². The summed E-state index contributed by atoms with van der Waals surface area (Å²) in [7, 11) is 0. The van der Waals surface area contributed by atoms with Crippen molar-refractivity contribution in [3.63, 3.8) is 0 Å². The molecule has 0 aromatic heterocycles. The monoisotopic (exact) mass is 259 g/mol. The number of nitrogens with zero attached hydrogens (tertiary/aromatic N) is 1. The second kappa shape index (κ2) is 5.33. The molecule has 3 rings (SSSR count). The SMILES string of the molecule is O=C(O)c1ccccc1CN1CC2CCCC(C2)C1. The molecule has 1 aromatic rings. The number of benzene rings is 1. The largest absolute Gasteiger partial charge is 0.478 e. The van der Waals surface area contributed by atoms with Crippen LogP contribution in [0.25, 0.3) is 0 Å². The van der Waals surface area contributed by atoms with Crippen molar-refractivity contribution in [1.82, 2.24) is 4.90 Å². The van der Waals surface area contributed by atoms with Gasteiger partial charge in [-0.2, -0.15) is 0 Å². The van der Waals surface area contributed by atoms with E-state index in [0.29, 0.717) is 5.56 Å². The molecule has 2 atom stereocenters. The van der Waals surface area contributed by atoms with Gasteiger partial charge in [0.15, 0.2) is 0 Å². The van der Waals surface area contributed by atoms with Crippen LogP contribution in [0.1, 0.15) is 41.6 Å². The molecule has 2 unspecified atom stereocenters. The van der Waals surface area contributed by atoms with E-state index < -0.39 is 5.97 Å². The lowest BCUT2D eigenvalue weighted by molar-refractivity contribution is 0.0683. The first-order valence-corrected chi connectivity index (χ1v) is 7.26. The standard InChI is InChI=1S/C16H21NO2/c18-16(19)15-7-2-1-6-14(15)11-17-9-12-4-3-5-13(8-12)10-17/h1-2,6-7,12-13H,3-5,8-11H2,(H,18,19). The molecule has 1 heterocycles. The third kappa shape index (κ3) is 2.81. The molecule has 102 valence electrons. The Kier molecular flexibility index (Phi) is 3.56. The molecule has 1 saturated carbocycles. The number of aromatic carboxylic acids is 1. The average molecular weight is 259 g/mol. The molecule has 1 aliphatic carbocycles. The number of fused-ring (bicyclic) bond motifs is 2. The highest BCUT2D eigenvalue weighted by atomic mass is 16.4. The molecule has 2 aliphatic rings. The molecule has 2 bridgehead atoms. The summed E-state index contributed by atoms with van der Waals surface area (Å²) in [6.07, 6.45) is 5.48. The maximum atomic E-state index is 11.2. The molecule has 2 fully saturated rings. The summed E-state index contributed by atoms with van der Waals surface area (Å²) in [6, 6.07) is 7.40. The van der Waals surface area contributed by atoms with Crippen LogP contribution in [0, 0.1) is 11.8 Å². The summed E-state index contributed by atoms with van der Waals surface area (Å²) in [4.78, 5) is 13.7. The van der Waals surface area contributed by atoms with E-state index in [0.717, 1.165) is 37.0 Å². The molecule has 3 nitrogen and oxygen atoms in total. The zero-order valence-corrected chi connectivity index (χ0v) is 11.2. The Morgan fingerprint density at radius 2 is 1.89 bits per heavy atom. The van der Waals surface area contributed by atoms with Crippen LogP contribution in [-0.2, 0) is 6.54 Å². The fourth-order valence-corrected chi connectivity index (χ4v) is 3.78. The first-order chi connectivity index (χ1) is 9.22. The van der Waals surface area contributed by atoms with Crippen LogP contribution < -0.4 is 0 Å². The van der Waals surface area contributed by atoms with Crippen molar-refractivity contribution in [3.05, 3.63) is 35.4 Å². The Labute approximate surface area is 114 Å². The van der Waals surface area contributed by atoms with Crippen molar-refractivity contribution in [2.45, 2.75) is 32.2 Å². The average Bonchev–Trinajstić information content (AvgIpc) is 2.38. The lowest BCUT2D eigenvalue weighted by Gasteiger charge is -2.41. The molecule has 1 N–H and O–H groups in total. The highest BCUT2D eigenvalue weighted by molar-refractivity contribution is 5.89. The number of carboxylic acid groups (broad SMARTS) is 1. The smallest absolute Gasteiger partial charge is 0.336 e. The third-order valence-electron chi connectivity index (χ3n) is 4.57. The van der Waals surface area contributed by atoms with Gasteiger partial charge in [-0.3, -0.25) is 4.90 Å². The van der Waals surface area contributed by atoms with Crippen molar-refractivity contribution in [3.8, 4) is 0 Å². The Hall–Kier alpha value is -1.35. The Bertz CT molecular complexity index is 460. The number of hydrogen-bond acceptors (Lipinski definition) is 2. The molecule has 0 spiro atoms. The van der Waals surface area contributed by atoms with Crippen LogP contribution in [0.5, 0.6) is 0 Å². The van der Waals surface area contributed by atoms with Gasteiger partial charge in [0.2, 0.25) is 0 Å². The van der Waals surface area contributed by atoms with Crippen molar-refractivity contribution in [2.24, 2.45) is 11.8 Å². The first kappa shape index (κ1) is 12.7. The minimum absolute atomic E-state index is 0.457. The number of hydrogen-bond donors (Lipinski definition) is 1. The zero-order chi connectivity index (χ0) is 13.2. The molecule has 1 aliphatic heterocycles. The minimum Gasteiger partial charge on any atom is -0.478 e. The van der Waals surface area contributed by atoms with Crippen LogP contribution in [0.15, 0.2) is 24.3 Å². The van der Waals surface area contributed by atoms with Gasteiger partial charge < -0.3 is 5.11 Å². The Morgan fingerprint density at radius 1 is 1.21 bits per heavy atom. The highest BCUT2D eigenvalue weighted by Gasteiger charge is 2.30. The summed E-state index contributed by atoms with van der Waals surface area (Å²) < 4.78 is 0. The fraction of sp³-hybridized carbons (Fsp3) is 0.562. The second-order valence-corrected chi connectivity index (χ2v) is 6.06. The molecule has 1 aromatic carbocycles. The highest BCUT2D eigenvalue weighted by Crippen LogP contribution is 2.34. The van der Waals surface area contributed by atoms with Gasteiger partial charge >= 0.3 is 5.97 Å². The second-order valence-electron chi connectivity index (χ2n) is 6.06. The molecule has 1 saturated heterocycles. The summed E-state index contributed by atoms with van der Waals surface area (Å²) in [5.74, 6) is 0.863. The van der Waals surface area contributed by atoms with Gasteiger partial charge in [0.05, 0.1) is 5.56 Å². The predicted octanol–water partition coefficient (Wildman–Crippen LogP) is 3.01. The molecule has 3 heteroatoms. The normalized spacial score (nSPS) is 27.2. The Balaban J connectivity index is 1.73. The maximum Gasteiger partial charge on any atom is 0.336 e. The Morgan fingerprint density at radius 3 is 2.58 bits per heavy atom. The molecule has 19 heavy (non-hydrogen) atoms. The van der Waals surface area contributed by atoms with E-state index in [4.69, 9.17) is 0 Å². The summed E-state index contributed by atoms with van der Waals surface area (Å²) in [5, 5.41) is 9.24. The maximum absolute atomic E-state index is 11.2. The fourth-order valence-electron chi connectivity index (χ4n) is 3.78. The van der Waals surface area contributed by atoms with E-state index in [1.165, 1.54) is 25.7 Å². The van der Waals surface area contributed by atoms with E-state index >= 15 is 0 Å². The van der Waals surface area contributed by atoms with Gasteiger partial charge in [0, 0.05) is 19.6 Å². The van der Waals surface area contributed by atoms with E-state index in [1.807, 2.05) is 12.1 Å². The van der Waals surface area contributed by atoms with Crippen molar-refractivity contribution >= 4 is 5.97 Å². The number of piperidine rings is 1. The number of likely N-dealkylation sites (tertiary alicyclic amines) is 1. The molecular formula is C16H21NO2. The van der Waals surface area contributed by atoms with Gasteiger partial charge in [0.1, 0.15) is 0 Å². The van der Waals surface area contributed by atoms with E-state index in [-0.39, 0.29) is 0 Å². The summed E-state index contributed by atoms with van der Waals surface area (Å²) in [5.41, 5.74) is 1.41. The lowest BCUT2D eigenvalue weighted by atomic mass is 9.78. The van der Waals surface area contributed by atoms with Gasteiger partial charge in [-0.25, -0.2) is 4.79 Å². The zero-order valence-electron chi connectivity index (χ0n) is 11.2. The first-order valence-electron chi connectivity index (χ1n) is 7.26. The molecule has 0 amide bonds. The summed E-state index contributed by atoms with van der Waals surface area (Å²) >= 11 is 0. The minimum atomic E-state index is -0.812. The van der Waals surface area contributed by atoms with Gasteiger partial charge in [-0.05, 0) is 42.7 Å². The van der Waals surface area contributed by atoms with Crippen LogP contribution >= 0.6 is 0 Å². The summed E-state index contributed by atoms with van der Waals surface area (Å²) in [6.45, 7) is 3.07. The van der Waals surface area contributed by atoms with Gasteiger partial charge in [-0.1, -0.05) is 24.6 Å². The van der Waals surface area contributed by atoms with Crippen molar-refractivity contribution < 1.29 is 9.90 Å². The van der Waals surface area contributed by atoms with E-state index in [2.05, 4.69) is 4.90 Å². The van der Waals surface area contributed by atoms with Crippen molar-refractivity contribution in [1.29, 1.82) is 0 Å². The van der Waals surface area contributed by atoms with Crippen LogP contribution in [0.4, 0.5) is 0 Å². The molecule has 0 radical (unpaired) electrons. The lowest BCUT2D eigenvalue weighted by Crippen LogP contribution is -2.42. The van der Waals surface area contributed by atoms with Gasteiger partial charge in [-0.15, -0.1) is 0 Å². The number of carbonyl (C=O) groups is 1. The number of carboxylic acids is 1. The van der Waals surface area contributed by atoms with Crippen molar-refractivity contribution in [2.75, 3.05) is 13.1 Å². The predicted molar refractivity (Wildman–Crippen MR) is 74.1 cm³/mol. The quantitative estimate of drug-likeness (QED) is 0.907. The van der Waals surface area contributed by atoms with Crippen LogP contribution in [0.2, 0.25) is 0 Å². The number of rotatable bonds is 3. The third-order valence-corrected chi connectivity index (χ3v) is 4.57. The van der Waals surface area contributed by atoms with E-state index in [1.54, 1.807) is 12.1 Å². The van der Waals surface area contributed by atoms with Crippen LogP contribution in [0.3, 0.4) is 0 Å². The van der Waals surface area contributed by atoms with Gasteiger partial charge in [0.25, 0.3) is 0 Å². The van der Waals surface area contributed by atoms with Crippen LogP contribution in [-0.4, -0.2) is 29.1 Å².